The zero-order valence-corrected chi connectivity index (χ0v) is 8.90. The van der Waals surface area contributed by atoms with E-state index >= 15 is 0 Å². The van der Waals surface area contributed by atoms with Crippen molar-refractivity contribution < 1.29 is 14.4 Å². The summed E-state index contributed by atoms with van der Waals surface area (Å²) < 4.78 is 10.2. The lowest BCUT2D eigenvalue weighted by Gasteiger charge is -2.16. The summed E-state index contributed by atoms with van der Waals surface area (Å²) in [7, 11) is 0. The SMILES string of the molecule is CCCc1noc(C[C@@]2(O)CCOC2)n1. The van der Waals surface area contributed by atoms with Crippen LogP contribution in [0.4, 0.5) is 0 Å². The third-order valence-electron chi connectivity index (χ3n) is 2.55. The summed E-state index contributed by atoms with van der Waals surface area (Å²) in [5, 5.41) is 13.9. The van der Waals surface area contributed by atoms with Crippen molar-refractivity contribution in [1.82, 2.24) is 10.1 Å². The molecule has 1 atom stereocenters. The maximum atomic E-state index is 10.0. The second-order valence-corrected chi connectivity index (χ2v) is 4.06. The molecular formula is C10H16N2O3. The molecule has 1 aliphatic rings. The fourth-order valence-electron chi connectivity index (χ4n) is 1.70. The Balaban J connectivity index is 1.97. The molecule has 1 N–H and O–H groups in total. The molecule has 84 valence electrons. The molecular weight excluding hydrogens is 196 g/mol. The van der Waals surface area contributed by atoms with Gasteiger partial charge in [0.1, 0.15) is 0 Å². The Morgan fingerprint density at radius 1 is 1.53 bits per heavy atom. The van der Waals surface area contributed by atoms with Crippen molar-refractivity contribution in [2.45, 2.75) is 38.2 Å². The van der Waals surface area contributed by atoms with Crippen LogP contribution in [0.15, 0.2) is 4.52 Å². The largest absolute Gasteiger partial charge is 0.387 e. The van der Waals surface area contributed by atoms with Gasteiger partial charge in [0.05, 0.1) is 18.6 Å². The molecule has 1 aliphatic heterocycles. The quantitative estimate of drug-likeness (QED) is 0.796. The predicted octanol–water partition coefficient (Wildman–Crippen LogP) is 0.716. The molecule has 1 saturated heterocycles. The van der Waals surface area contributed by atoms with E-state index < -0.39 is 5.60 Å². The topological polar surface area (TPSA) is 68.4 Å². The Hall–Kier alpha value is -0.940. The number of aryl methyl sites for hydroxylation is 1. The number of hydrogen-bond acceptors (Lipinski definition) is 5. The van der Waals surface area contributed by atoms with Crippen LogP contribution in [0, 0.1) is 0 Å². The van der Waals surface area contributed by atoms with Crippen LogP contribution >= 0.6 is 0 Å². The van der Waals surface area contributed by atoms with E-state index in [-0.39, 0.29) is 0 Å². The molecule has 0 saturated carbocycles. The first-order valence-electron chi connectivity index (χ1n) is 5.33. The molecule has 5 heteroatoms. The number of nitrogens with zero attached hydrogens (tertiary/aromatic N) is 2. The van der Waals surface area contributed by atoms with Crippen LogP contribution in [0.5, 0.6) is 0 Å². The second kappa shape index (κ2) is 4.28. The maximum Gasteiger partial charge on any atom is 0.229 e. The fraction of sp³-hybridized carbons (Fsp3) is 0.800. The van der Waals surface area contributed by atoms with Gasteiger partial charge in [0.15, 0.2) is 5.82 Å². The van der Waals surface area contributed by atoms with E-state index in [1.165, 1.54) is 0 Å². The van der Waals surface area contributed by atoms with E-state index in [0.29, 0.717) is 31.9 Å². The highest BCUT2D eigenvalue weighted by Gasteiger charge is 2.34. The highest BCUT2D eigenvalue weighted by Crippen LogP contribution is 2.22. The Bertz CT molecular complexity index is 318. The molecule has 0 aliphatic carbocycles. The van der Waals surface area contributed by atoms with Gasteiger partial charge in [-0.3, -0.25) is 0 Å². The Kier molecular flexibility index (Phi) is 3.02. The standard InChI is InChI=1S/C10H16N2O3/c1-2-3-8-11-9(15-12-8)6-10(13)4-5-14-7-10/h13H,2-7H2,1H3/t10-/m0/s1. The predicted molar refractivity (Wildman–Crippen MR) is 52.4 cm³/mol. The molecule has 0 radical (unpaired) electrons. The number of aromatic nitrogens is 2. The molecule has 5 nitrogen and oxygen atoms in total. The van der Waals surface area contributed by atoms with Crippen LogP contribution < -0.4 is 0 Å². The van der Waals surface area contributed by atoms with Crippen LogP contribution in [0.1, 0.15) is 31.5 Å². The number of aliphatic hydroxyl groups is 1. The van der Waals surface area contributed by atoms with Gasteiger partial charge in [-0.1, -0.05) is 12.1 Å². The third kappa shape index (κ3) is 2.54. The van der Waals surface area contributed by atoms with E-state index in [1.54, 1.807) is 0 Å². The number of hydrogen-bond donors (Lipinski definition) is 1. The normalized spacial score (nSPS) is 26.0. The summed E-state index contributed by atoms with van der Waals surface area (Å²) in [5.41, 5.74) is -0.810. The molecule has 2 heterocycles. The average molecular weight is 212 g/mol. The molecule has 0 unspecified atom stereocenters. The monoisotopic (exact) mass is 212 g/mol. The Labute approximate surface area is 88.4 Å². The molecule has 15 heavy (non-hydrogen) atoms. The van der Waals surface area contributed by atoms with Crippen LogP contribution in [0.3, 0.4) is 0 Å². The molecule has 0 spiro atoms. The summed E-state index contributed by atoms with van der Waals surface area (Å²) in [6.07, 6.45) is 2.84. The van der Waals surface area contributed by atoms with Gasteiger partial charge in [-0.05, 0) is 6.42 Å². The minimum atomic E-state index is -0.810. The summed E-state index contributed by atoms with van der Waals surface area (Å²) >= 11 is 0. The molecule has 1 aromatic heterocycles. The van der Waals surface area contributed by atoms with Gasteiger partial charge < -0.3 is 14.4 Å². The van der Waals surface area contributed by atoms with Gasteiger partial charge >= 0.3 is 0 Å². The van der Waals surface area contributed by atoms with Gasteiger partial charge in [-0.2, -0.15) is 4.98 Å². The van der Waals surface area contributed by atoms with E-state index in [1.807, 2.05) is 0 Å². The van der Waals surface area contributed by atoms with Gasteiger partial charge in [-0.15, -0.1) is 0 Å². The van der Waals surface area contributed by atoms with E-state index in [9.17, 15) is 5.11 Å². The highest BCUT2D eigenvalue weighted by atomic mass is 16.5. The summed E-state index contributed by atoms with van der Waals surface area (Å²) in [4.78, 5) is 4.22. The third-order valence-corrected chi connectivity index (χ3v) is 2.55. The van der Waals surface area contributed by atoms with Crippen molar-refractivity contribution in [3.63, 3.8) is 0 Å². The van der Waals surface area contributed by atoms with Crippen LogP contribution in [0.25, 0.3) is 0 Å². The minimum Gasteiger partial charge on any atom is -0.387 e. The lowest BCUT2D eigenvalue weighted by Crippen LogP contribution is -2.31. The highest BCUT2D eigenvalue weighted by molar-refractivity contribution is 4.95. The van der Waals surface area contributed by atoms with Crippen molar-refractivity contribution in [2.24, 2.45) is 0 Å². The number of ether oxygens (including phenoxy) is 1. The molecule has 1 aromatic rings. The smallest absolute Gasteiger partial charge is 0.229 e. The van der Waals surface area contributed by atoms with Crippen LogP contribution in [-0.2, 0) is 17.6 Å². The lowest BCUT2D eigenvalue weighted by molar-refractivity contribution is 0.0207. The van der Waals surface area contributed by atoms with Crippen molar-refractivity contribution in [2.75, 3.05) is 13.2 Å². The number of rotatable bonds is 4. The summed E-state index contributed by atoms with van der Waals surface area (Å²) in [6, 6.07) is 0. The maximum absolute atomic E-state index is 10.0. The first-order chi connectivity index (χ1) is 7.22. The van der Waals surface area contributed by atoms with E-state index in [4.69, 9.17) is 9.26 Å². The van der Waals surface area contributed by atoms with Crippen molar-refractivity contribution >= 4 is 0 Å². The van der Waals surface area contributed by atoms with Crippen LogP contribution in [-0.4, -0.2) is 34.1 Å². The lowest BCUT2D eigenvalue weighted by atomic mass is 9.99. The van der Waals surface area contributed by atoms with Crippen molar-refractivity contribution in [3.05, 3.63) is 11.7 Å². The first kappa shape index (κ1) is 10.6. The fourth-order valence-corrected chi connectivity index (χ4v) is 1.70. The Morgan fingerprint density at radius 2 is 2.40 bits per heavy atom. The van der Waals surface area contributed by atoms with Crippen molar-refractivity contribution in [3.8, 4) is 0 Å². The molecule has 2 rings (SSSR count). The molecule has 0 aromatic carbocycles. The molecule has 1 fully saturated rings. The molecule has 0 bridgehead atoms. The second-order valence-electron chi connectivity index (χ2n) is 4.06. The van der Waals surface area contributed by atoms with E-state index in [0.717, 1.165) is 18.7 Å². The van der Waals surface area contributed by atoms with Gasteiger partial charge in [0.25, 0.3) is 0 Å². The minimum absolute atomic E-state index is 0.360. The molecule has 0 amide bonds. The van der Waals surface area contributed by atoms with Crippen LogP contribution in [0.2, 0.25) is 0 Å². The zero-order chi connectivity index (χ0) is 10.7. The van der Waals surface area contributed by atoms with Gasteiger partial charge in [0, 0.05) is 19.4 Å². The van der Waals surface area contributed by atoms with Crippen molar-refractivity contribution in [1.29, 1.82) is 0 Å². The first-order valence-corrected chi connectivity index (χ1v) is 5.33. The summed E-state index contributed by atoms with van der Waals surface area (Å²) in [6.45, 7) is 3.03. The van der Waals surface area contributed by atoms with Gasteiger partial charge in [0.2, 0.25) is 5.89 Å². The zero-order valence-electron chi connectivity index (χ0n) is 8.90. The Morgan fingerprint density at radius 3 is 3.07 bits per heavy atom. The van der Waals surface area contributed by atoms with Gasteiger partial charge in [-0.25, -0.2) is 0 Å². The average Bonchev–Trinajstić information content (AvgIpc) is 2.77. The summed E-state index contributed by atoms with van der Waals surface area (Å²) in [5.74, 6) is 1.22. The van der Waals surface area contributed by atoms with E-state index in [2.05, 4.69) is 17.1 Å².